The SMILES string of the molecule is CCNC(=NCCS(=O)Cc1ccccc1)N1CCN(c2cccc(C)c2)CC1.I. The van der Waals surface area contributed by atoms with E-state index in [0.717, 1.165) is 44.2 Å². The molecule has 30 heavy (non-hydrogen) atoms. The van der Waals surface area contributed by atoms with Crippen LogP contribution < -0.4 is 10.2 Å². The van der Waals surface area contributed by atoms with Crippen LogP contribution >= 0.6 is 24.0 Å². The van der Waals surface area contributed by atoms with Crippen LogP contribution in [0.2, 0.25) is 0 Å². The maximum atomic E-state index is 12.4. The summed E-state index contributed by atoms with van der Waals surface area (Å²) in [4.78, 5) is 9.50. The largest absolute Gasteiger partial charge is 0.368 e. The molecule has 1 unspecified atom stereocenters. The van der Waals surface area contributed by atoms with E-state index >= 15 is 0 Å². The fourth-order valence-electron chi connectivity index (χ4n) is 3.51. The average Bonchev–Trinajstić information content (AvgIpc) is 2.74. The Bertz CT molecular complexity index is 823. The predicted octanol–water partition coefficient (Wildman–Crippen LogP) is 3.65. The third-order valence-corrected chi connectivity index (χ3v) is 6.33. The Morgan fingerprint density at radius 1 is 1.07 bits per heavy atom. The first-order valence-corrected chi connectivity index (χ1v) is 11.9. The second kappa shape index (κ2) is 12.9. The van der Waals surface area contributed by atoms with Gasteiger partial charge in [0.05, 0.1) is 6.54 Å². The van der Waals surface area contributed by atoms with Gasteiger partial charge in [-0.15, -0.1) is 24.0 Å². The number of aryl methyl sites for hydroxylation is 1. The van der Waals surface area contributed by atoms with E-state index in [1.54, 1.807) is 0 Å². The van der Waals surface area contributed by atoms with Crippen LogP contribution in [0.15, 0.2) is 59.6 Å². The molecule has 2 aromatic rings. The zero-order chi connectivity index (χ0) is 20.5. The Morgan fingerprint density at radius 2 is 1.80 bits per heavy atom. The molecule has 7 heteroatoms. The van der Waals surface area contributed by atoms with E-state index in [2.05, 4.69) is 53.2 Å². The molecule has 0 aromatic heterocycles. The van der Waals surface area contributed by atoms with Crippen LogP contribution in [-0.2, 0) is 16.6 Å². The lowest BCUT2D eigenvalue weighted by molar-refractivity contribution is 0.373. The molecular weight excluding hydrogens is 507 g/mol. The summed E-state index contributed by atoms with van der Waals surface area (Å²) < 4.78 is 12.4. The van der Waals surface area contributed by atoms with Gasteiger partial charge in [0.2, 0.25) is 0 Å². The smallest absolute Gasteiger partial charge is 0.194 e. The highest BCUT2D eigenvalue weighted by atomic mass is 127. The first kappa shape index (κ1) is 24.7. The number of rotatable bonds is 7. The van der Waals surface area contributed by atoms with E-state index in [0.29, 0.717) is 18.1 Å². The number of hydrogen-bond acceptors (Lipinski definition) is 3. The maximum Gasteiger partial charge on any atom is 0.194 e. The number of benzene rings is 2. The standard InChI is InChI=1S/C23H32N4OS.HI/c1-3-24-23(25-12-17-29(28)19-21-9-5-4-6-10-21)27-15-13-26(14-16-27)22-11-7-8-20(2)18-22;/h4-11,18H,3,12-17,19H2,1-2H3,(H,24,25);1H. The molecule has 2 aromatic carbocycles. The van der Waals surface area contributed by atoms with Gasteiger partial charge in [-0.1, -0.05) is 42.5 Å². The molecule has 0 spiro atoms. The Morgan fingerprint density at radius 3 is 2.47 bits per heavy atom. The molecule has 1 aliphatic heterocycles. The van der Waals surface area contributed by atoms with Gasteiger partial charge < -0.3 is 15.1 Å². The molecule has 0 aliphatic carbocycles. The lowest BCUT2D eigenvalue weighted by atomic mass is 10.2. The molecule has 164 valence electrons. The zero-order valence-electron chi connectivity index (χ0n) is 17.9. The van der Waals surface area contributed by atoms with Crippen molar-refractivity contribution in [3.63, 3.8) is 0 Å². The quantitative estimate of drug-likeness (QED) is 0.331. The van der Waals surface area contributed by atoms with Gasteiger partial charge in [-0.2, -0.15) is 0 Å². The van der Waals surface area contributed by atoms with Gasteiger partial charge in [-0.25, -0.2) is 0 Å². The molecule has 1 atom stereocenters. The molecule has 1 aliphatic rings. The highest BCUT2D eigenvalue weighted by molar-refractivity contribution is 14.0. The van der Waals surface area contributed by atoms with Crippen molar-refractivity contribution < 1.29 is 4.21 Å². The van der Waals surface area contributed by atoms with E-state index in [1.165, 1.54) is 11.3 Å². The molecule has 3 rings (SSSR count). The highest BCUT2D eigenvalue weighted by Gasteiger charge is 2.19. The molecule has 0 bridgehead atoms. The van der Waals surface area contributed by atoms with Crippen molar-refractivity contribution in [1.29, 1.82) is 0 Å². The number of piperazine rings is 1. The minimum atomic E-state index is -0.891. The number of halogens is 1. The number of nitrogens with one attached hydrogen (secondary N) is 1. The van der Waals surface area contributed by atoms with Crippen LogP contribution in [0.3, 0.4) is 0 Å². The van der Waals surface area contributed by atoms with Crippen molar-refractivity contribution in [1.82, 2.24) is 10.2 Å². The number of anilines is 1. The first-order valence-electron chi connectivity index (χ1n) is 10.4. The van der Waals surface area contributed by atoms with Crippen LogP contribution in [0, 0.1) is 6.92 Å². The van der Waals surface area contributed by atoms with Crippen LogP contribution in [0.4, 0.5) is 5.69 Å². The van der Waals surface area contributed by atoms with Gasteiger partial charge in [0.15, 0.2) is 5.96 Å². The molecular formula is C23H33IN4OS. The molecule has 1 fully saturated rings. The molecule has 1 heterocycles. The van der Waals surface area contributed by atoms with E-state index in [1.807, 2.05) is 30.3 Å². The summed E-state index contributed by atoms with van der Waals surface area (Å²) in [6, 6.07) is 18.7. The summed E-state index contributed by atoms with van der Waals surface area (Å²) in [6.07, 6.45) is 0. The Balaban J connectivity index is 0.00000320. The van der Waals surface area contributed by atoms with Crippen molar-refractivity contribution in [2.24, 2.45) is 4.99 Å². The fraction of sp³-hybridized carbons (Fsp3) is 0.435. The normalized spacial score (nSPS) is 15.5. The first-order chi connectivity index (χ1) is 14.2. The average molecular weight is 541 g/mol. The molecule has 1 N–H and O–H groups in total. The van der Waals surface area contributed by atoms with Crippen molar-refractivity contribution in [2.75, 3.05) is 49.9 Å². The molecule has 5 nitrogen and oxygen atoms in total. The van der Waals surface area contributed by atoms with Crippen LogP contribution in [0.25, 0.3) is 0 Å². The molecule has 1 saturated heterocycles. The van der Waals surface area contributed by atoms with Gasteiger partial charge >= 0.3 is 0 Å². The van der Waals surface area contributed by atoms with Crippen LogP contribution in [0.1, 0.15) is 18.1 Å². The maximum absolute atomic E-state index is 12.4. The minimum absolute atomic E-state index is 0. The van der Waals surface area contributed by atoms with E-state index in [-0.39, 0.29) is 24.0 Å². The van der Waals surface area contributed by atoms with E-state index < -0.39 is 10.8 Å². The molecule has 0 amide bonds. The molecule has 0 saturated carbocycles. The van der Waals surface area contributed by atoms with Gasteiger partial charge in [-0.3, -0.25) is 9.20 Å². The third kappa shape index (κ3) is 7.58. The Hall–Kier alpha value is -1.61. The lowest BCUT2D eigenvalue weighted by Gasteiger charge is -2.37. The van der Waals surface area contributed by atoms with Crippen LogP contribution in [0.5, 0.6) is 0 Å². The van der Waals surface area contributed by atoms with Crippen molar-refractivity contribution in [2.45, 2.75) is 19.6 Å². The van der Waals surface area contributed by atoms with Gasteiger partial charge in [0, 0.05) is 60.7 Å². The topological polar surface area (TPSA) is 47.9 Å². The van der Waals surface area contributed by atoms with Gasteiger partial charge in [0.1, 0.15) is 0 Å². The summed E-state index contributed by atoms with van der Waals surface area (Å²) in [5.41, 5.74) is 3.71. The summed E-state index contributed by atoms with van der Waals surface area (Å²) in [5, 5.41) is 3.40. The minimum Gasteiger partial charge on any atom is -0.368 e. The number of hydrogen-bond donors (Lipinski definition) is 1. The molecule has 0 radical (unpaired) electrons. The summed E-state index contributed by atoms with van der Waals surface area (Å²) in [6.45, 7) is 9.48. The highest BCUT2D eigenvalue weighted by Crippen LogP contribution is 2.17. The number of aliphatic imine (C=N–C) groups is 1. The fourth-order valence-corrected chi connectivity index (χ4v) is 4.52. The predicted molar refractivity (Wildman–Crippen MR) is 140 cm³/mol. The number of nitrogens with zero attached hydrogens (tertiary/aromatic N) is 3. The summed E-state index contributed by atoms with van der Waals surface area (Å²) >= 11 is 0. The Labute approximate surface area is 200 Å². The van der Waals surface area contributed by atoms with Gasteiger partial charge in [0.25, 0.3) is 0 Å². The zero-order valence-corrected chi connectivity index (χ0v) is 21.1. The lowest BCUT2D eigenvalue weighted by Crippen LogP contribution is -2.52. The Kier molecular flexibility index (Phi) is 10.6. The summed E-state index contributed by atoms with van der Waals surface area (Å²) in [5.74, 6) is 2.13. The van der Waals surface area contributed by atoms with Crippen molar-refractivity contribution >= 4 is 46.4 Å². The monoisotopic (exact) mass is 540 g/mol. The van der Waals surface area contributed by atoms with Crippen molar-refractivity contribution in [3.05, 3.63) is 65.7 Å². The third-order valence-electron chi connectivity index (χ3n) is 5.03. The van der Waals surface area contributed by atoms with Gasteiger partial charge in [-0.05, 0) is 37.1 Å². The number of guanidine groups is 1. The second-order valence-electron chi connectivity index (χ2n) is 7.32. The van der Waals surface area contributed by atoms with Crippen LogP contribution in [-0.4, -0.2) is 60.1 Å². The second-order valence-corrected chi connectivity index (χ2v) is 8.90. The van der Waals surface area contributed by atoms with Crippen molar-refractivity contribution in [3.8, 4) is 0 Å². The summed E-state index contributed by atoms with van der Waals surface area (Å²) in [7, 11) is -0.891. The van der Waals surface area contributed by atoms with E-state index in [9.17, 15) is 4.21 Å². The van der Waals surface area contributed by atoms with E-state index in [4.69, 9.17) is 4.99 Å².